The fourth-order valence-electron chi connectivity index (χ4n) is 3.20. The molecule has 2 atom stereocenters. The Balaban J connectivity index is 2.21. The summed E-state index contributed by atoms with van der Waals surface area (Å²) in [5.41, 5.74) is 6.14. The third-order valence-electron chi connectivity index (χ3n) is 4.53. The quantitative estimate of drug-likeness (QED) is 0.678. The van der Waals surface area contributed by atoms with Crippen LogP contribution >= 0.6 is 0 Å². The maximum Gasteiger partial charge on any atom is 0.416 e. The molecule has 1 aromatic rings. The third-order valence-corrected chi connectivity index (χ3v) is 4.53. The van der Waals surface area contributed by atoms with Gasteiger partial charge in [-0.25, -0.2) is 0 Å². The number of rotatable bonds is 3. The molecule has 0 aromatic heterocycles. The normalized spacial score (nSPS) is 23.3. The van der Waals surface area contributed by atoms with Gasteiger partial charge in [0.05, 0.1) is 5.56 Å². The van der Waals surface area contributed by atoms with E-state index in [1.165, 1.54) is 0 Å². The van der Waals surface area contributed by atoms with Gasteiger partial charge in [-0.05, 0) is 50.0 Å². The maximum absolute atomic E-state index is 12.8. The van der Waals surface area contributed by atoms with Crippen molar-refractivity contribution in [2.24, 2.45) is 16.6 Å². The summed E-state index contributed by atoms with van der Waals surface area (Å²) in [5.74, 6) is 0.702. The minimum absolute atomic E-state index is 0.0553. The Bertz CT molecular complexity index is 566. The molecule has 7 heteroatoms. The molecule has 0 bridgehead atoms. The lowest BCUT2D eigenvalue weighted by Gasteiger charge is -2.39. The molecule has 0 spiro atoms. The van der Waals surface area contributed by atoms with Crippen molar-refractivity contribution < 1.29 is 13.2 Å². The number of halogens is 3. The number of guanidine groups is 1. The van der Waals surface area contributed by atoms with E-state index in [1.807, 2.05) is 21.1 Å². The van der Waals surface area contributed by atoms with E-state index in [0.717, 1.165) is 37.1 Å². The van der Waals surface area contributed by atoms with Crippen LogP contribution in [0.3, 0.4) is 0 Å². The first-order chi connectivity index (χ1) is 11.2. The molecule has 0 amide bonds. The summed E-state index contributed by atoms with van der Waals surface area (Å²) in [7, 11) is 5.67. The van der Waals surface area contributed by atoms with Gasteiger partial charge in [-0.3, -0.25) is 9.89 Å². The highest BCUT2D eigenvalue weighted by Gasteiger charge is 2.33. The topological polar surface area (TPSA) is 44.9 Å². The van der Waals surface area contributed by atoms with Crippen molar-refractivity contribution in [1.82, 2.24) is 9.80 Å². The number of nitrogens with two attached hydrogens (primary N) is 1. The number of nitrogens with zero attached hydrogens (tertiary/aromatic N) is 3. The first kappa shape index (κ1) is 18.6. The third kappa shape index (κ3) is 4.41. The van der Waals surface area contributed by atoms with Crippen LogP contribution in [0.5, 0.6) is 0 Å². The van der Waals surface area contributed by atoms with E-state index in [0.29, 0.717) is 12.5 Å². The van der Waals surface area contributed by atoms with E-state index >= 15 is 0 Å². The van der Waals surface area contributed by atoms with Gasteiger partial charge in [0, 0.05) is 26.7 Å². The summed E-state index contributed by atoms with van der Waals surface area (Å²) < 4.78 is 38.3. The Kier molecular flexibility index (Phi) is 5.74. The second-order valence-electron chi connectivity index (χ2n) is 6.54. The first-order valence-electron chi connectivity index (χ1n) is 8.05. The summed E-state index contributed by atoms with van der Waals surface area (Å²) in [6.45, 7) is 1.50. The van der Waals surface area contributed by atoms with Crippen LogP contribution in [0.15, 0.2) is 29.3 Å². The number of piperidine rings is 1. The molecule has 2 rings (SSSR count). The summed E-state index contributed by atoms with van der Waals surface area (Å²) in [6, 6.07) is 5.54. The second-order valence-corrected chi connectivity index (χ2v) is 6.54. The molecule has 0 saturated carbocycles. The van der Waals surface area contributed by atoms with Gasteiger partial charge in [-0.2, -0.15) is 13.2 Å². The zero-order valence-electron chi connectivity index (χ0n) is 14.3. The molecule has 1 saturated heterocycles. The molecular weight excluding hydrogens is 317 g/mol. The molecule has 0 unspecified atom stereocenters. The molecule has 0 radical (unpaired) electrons. The lowest BCUT2D eigenvalue weighted by Crippen LogP contribution is -2.38. The van der Waals surface area contributed by atoms with Crippen molar-refractivity contribution in [3.63, 3.8) is 0 Å². The van der Waals surface area contributed by atoms with Gasteiger partial charge in [0.15, 0.2) is 5.96 Å². The smallest absolute Gasteiger partial charge is 0.370 e. The highest BCUT2D eigenvalue weighted by molar-refractivity contribution is 5.77. The fourth-order valence-corrected chi connectivity index (χ4v) is 3.20. The Morgan fingerprint density at radius 1 is 1.29 bits per heavy atom. The van der Waals surface area contributed by atoms with E-state index in [2.05, 4.69) is 9.89 Å². The highest BCUT2D eigenvalue weighted by Crippen LogP contribution is 2.37. The summed E-state index contributed by atoms with van der Waals surface area (Å²) in [4.78, 5) is 8.37. The fraction of sp³-hybridized carbons (Fsp3) is 0.588. The van der Waals surface area contributed by atoms with E-state index in [-0.39, 0.29) is 12.0 Å². The second kappa shape index (κ2) is 7.42. The number of likely N-dealkylation sites (tertiary alicyclic amines) is 1. The van der Waals surface area contributed by atoms with Crippen molar-refractivity contribution >= 4 is 5.96 Å². The van der Waals surface area contributed by atoms with Gasteiger partial charge in [-0.1, -0.05) is 12.1 Å². The number of aliphatic imine (C=N–C) groups is 1. The highest BCUT2D eigenvalue weighted by atomic mass is 19.4. The van der Waals surface area contributed by atoms with Crippen LogP contribution in [0.2, 0.25) is 0 Å². The Morgan fingerprint density at radius 2 is 1.92 bits per heavy atom. The van der Waals surface area contributed by atoms with Crippen molar-refractivity contribution in [1.29, 1.82) is 0 Å². The van der Waals surface area contributed by atoms with Crippen molar-refractivity contribution in [2.75, 3.05) is 34.2 Å². The standard InChI is InChI=1S/C17H25F3N4/c1-23(2)16(21)22-11-13-5-4-10-24(3)15(13)12-6-8-14(9-7-12)17(18,19)20/h6-9,13,15H,4-5,10-11H2,1-3H3,(H2,21,22)/t13-,15+/m1/s1. The minimum Gasteiger partial charge on any atom is -0.370 e. The molecule has 2 N–H and O–H groups in total. The Hall–Kier alpha value is -1.76. The average Bonchev–Trinajstić information content (AvgIpc) is 2.51. The van der Waals surface area contributed by atoms with Gasteiger partial charge in [-0.15, -0.1) is 0 Å². The molecule has 1 aliphatic heterocycles. The summed E-state index contributed by atoms with van der Waals surface area (Å²) >= 11 is 0. The SMILES string of the molecule is CN(C)C(N)=NC[C@H]1CCCN(C)[C@H]1c1ccc(C(F)(F)F)cc1. The summed E-state index contributed by atoms with van der Waals surface area (Å²) in [6.07, 6.45) is -2.27. The lowest BCUT2D eigenvalue weighted by atomic mass is 9.84. The first-order valence-corrected chi connectivity index (χ1v) is 8.05. The maximum atomic E-state index is 12.8. The van der Waals surface area contributed by atoms with E-state index in [9.17, 15) is 13.2 Å². The molecule has 24 heavy (non-hydrogen) atoms. The molecule has 1 aliphatic rings. The molecule has 4 nitrogen and oxygen atoms in total. The molecule has 1 heterocycles. The van der Waals surface area contributed by atoms with Crippen LogP contribution in [0.4, 0.5) is 13.2 Å². The van der Waals surface area contributed by atoms with E-state index in [4.69, 9.17) is 5.73 Å². The number of hydrogen-bond donors (Lipinski definition) is 1. The van der Waals surface area contributed by atoms with Crippen molar-refractivity contribution in [3.05, 3.63) is 35.4 Å². The molecule has 1 aromatic carbocycles. The number of hydrogen-bond acceptors (Lipinski definition) is 2. The Morgan fingerprint density at radius 3 is 2.46 bits per heavy atom. The van der Waals surface area contributed by atoms with Gasteiger partial charge in [0.2, 0.25) is 0 Å². The molecule has 1 fully saturated rings. The van der Waals surface area contributed by atoms with Crippen molar-refractivity contribution in [2.45, 2.75) is 25.1 Å². The zero-order valence-corrected chi connectivity index (χ0v) is 14.3. The van der Waals surface area contributed by atoms with Gasteiger partial charge in [0.1, 0.15) is 0 Å². The molecular formula is C17H25F3N4. The largest absolute Gasteiger partial charge is 0.416 e. The predicted molar refractivity (Wildman–Crippen MR) is 89.7 cm³/mol. The molecule has 0 aliphatic carbocycles. The predicted octanol–water partition coefficient (Wildman–Crippen LogP) is 2.96. The summed E-state index contributed by atoms with van der Waals surface area (Å²) in [5, 5.41) is 0. The average molecular weight is 342 g/mol. The van der Waals surface area contributed by atoms with Crippen LogP contribution in [-0.2, 0) is 6.18 Å². The van der Waals surface area contributed by atoms with Gasteiger partial charge >= 0.3 is 6.18 Å². The van der Waals surface area contributed by atoms with Gasteiger partial charge < -0.3 is 10.6 Å². The van der Waals surface area contributed by atoms with Crippen LogP contribution in [-0.4, -0.2) is 50.0 Å². The van der Waals surface area contributed by atoms with Crippen LogP contribution in [0.25, 0.3) is 0 Å². The Labute approximate surface area is 141 Å². The van der Waals surface area contributed by atoms with Crippen molar-refractivity contribution in [3.8, 4) is 0 Å². The van der Waals surface area contributed by atoms with Crippen LogP contribution < -0.4 is 5.73 Å². The van der Waals surface area contributed by atoms with Crippen LogP contribution in [0.1, 0.15) is 30.0 Å². The number of alkyl halides is 3. The number of benzene rings is 1. The minimum atomic E-state index is -4.30. The monoisotopic (exact) mass is 342 g/mol. The lowest BCUT2D eigenvalue weighted by molar-refractivity contribution is -0.137. The van der Waals surface area contributed by atoms with Gasteiger partial charge in [0.25, 0.3) is 0 Å². The molecule has 134 valence electrons. The van der Waals surface area contributed by atoms with E-state index in [1.54, 1.807) is 17.0 Å². The zero-order chi connectivity index (χ0) is 17.9. The van der Waals surface area contributed by atoms with E-state index < -0.39 is 11.7 Å². The van der Waals surface area contributed by atoms with Crippen LogP contribution in [0, 0.1) is 5.92 Å².